The van der Waals surface area contributed by atoms with Crippen LogP contribution in [-0.4, -0.2) is 11.6 Å². The number of hydrogen-bond donors (Lipinski definition) is 0. The van der Waals surface area contributed by atoms with Gasteiger partial charge < -0.3 is 0 Å². The van der Waals surface area contributed by atoms with Gasteiger partial charge in [0, 0.05) is 24.0 Å². The molecular formula is C14H22O2. The van der Waals surface area contributed by atoms with Crippen LogP contribution in [0.25, 0.3) is 0 Å². The third kappa shape index (κ3) is 4.87. The molecule has 0 saturated heterocycles. The summed E-state index contributed by atoms with van der Waals surface area (Å²) in [6, 6.07) is 0. The molecule has 1 fully saturated rings. The first-order valence-electron chi connectivity index (χ1n) is 5.75. The second kappa shape index (κ2) is 10.1. The maximum atomic E-state index is 11.2. The van der Waals surface area contributed by atoms with Crippen LogP contribution in [0, 0.1) is 0 Å². The summed E-state index contributed by atoms with van der Waals surface area (Å²) in [5.41, 5.74) is 0.743. The van der Waals surface area contributed by atoms with Crippen LogP contribution in [0.4, 0.5) is 0 Å². The van der Waals surface area contributed by atoms with Gasteiger partial charge in [-0.2, -0.15) is 0 Å². The van der Waals surface area contributed by atoms with Crippen LogP contribution in [0.5, 0.6) is 0 Å². The van der Waals surface area contributed by atoms with Gasteiger partial charge in [0.15, 0.2) is 11.6 Å². The minimum absolute atomic E-state index is 0.0144. The Kier molecular flexibility index (Phi) is 10.7. The molecule has 1 aliphatic carbocycles. The zero-order valence-electron chi connectivity index (χ0n) is 10.8. The fraction of sp³-hybridized carbons (Fsp3) is 0.429. The molecule has 1 saturated carbocycles. The highest BCUT2D eigenvalue weighted by Crippen LogP contribution is 2.21. The lowest BCUT2D eigenvalue weighted by atomic mass is 9.88. The van der Waals surface area contributed by atoms with Crippen molar-refractivity contribution in [3.63, 3.8) is 0 Å². The van der Waals surface area contributed by atoms with Crippen LogP contribution in [0.2, 0.25) is 0 Å². The fourth-order valence-electron chi connectivity index (χ4n) is 1.14. The summed E-state index contributed by atoms with van der Waals surface area (Å²) in [4.78, 5) is 22.3. The highest BCUT2D eigenvalue weighted by atomic mass is 16.1. The largest absolute Gasteiger partial charge is 0.294 e. The Bertz CT molecular complexity index is 296. The Morgan fingerprint density at radius 3 is 1.88 bits per heavy atom. The number of carbonyl (C=O) groups excluding carboxylic acids is 2. The standard InChI is InChI=1S/C10H10O2.2C2H6/c1-3-4-8-7(2)9(11)5-6-10(8)12;2*1-2/h3-4H,1-2,5-6H2;2*1-2H3/b8-4+;;. The minimum Gasteiger partial charge on any atom is -0.294 e. The SMILES string of the molecule is C=C/C=C1\C(=C)C(=O)CCC1=O.CC.CC. The van der Waals surface area contributed by atoms with Crippen LogP contribution >= 0.6 is 0 Å². The second-order valence-electron chi connectivity index (χ2n) is 2.64. The van der Waals surface area contributed by atoms with E-state index in [4.69, 9.17) is 0 Å². The van der Waals surface area contributed by atoms with E-state index in [0.29, 0.717) is 24.0 Å². The van der Waals surface area contributed by atoms with E-state index in [0.717, 1.165) is 0 Å². The van der Waals surface area contributed by atoms with Crippen molar-refractivity contribution in [1.82, 2.24) is 0 Å². The van der Waals surface area contributed by atoms with Gasteiger partial charge in [-0.25, -0.2) is 0 Å². The fourth-order valence-corrected chi connectivity index (χ4v) is 1.14. The van der Waals surface area contributed by atoms with E-state index < -0.39 is 0 Å². The van der Waals surface area contributed by atoms with Gasteiger partial charge >= 0.3 is 0 Å². The van der Waals surface area contributed by atoms with Gasteiger partial charge in [0.25, 0.3) is 0 Å². The van der Waals surface area contributed by atoms with Crippen molar-refractivity contribution in [3.8, 4) is 0 Å². The van der Waals surface area contributed by atoms with E-state index >= 15 is 0 Å². The summed E-state index contributed by atoms with van der Waals surface area (Å²) in [7, 11) is 0. The first-order chi connectivity index (χ1) is 7.66. The molecular weight excluding hydrogens is 200 g/mol. The average Bonchev–Trinajstić information content (AvgIpc) is 2.35. The smallest absolute Gasteiger partial charge is 0.164 e. The first kappa shape index (κ1) is 17.0. The third-order valence-corrected chi connectivity index (χ3v) is 1.83. The Labute approximate surface area is 98.7 Å². The van der Waals surface area contributed by atoms with Gasteiger partial charge in [0.05, 0.1) is 0 Å². The number of rotatable bonds is 1. The molecule has 0 bridgehead atoms. The molecule has 90 valence electrons. The number of ketones is 2. The summed E-state index contributed by atoms with van der Waals surface area (Å²) >= 11 is 0. The quantitative estimate of drug-likeness (QED) is 0.635. The summed E-state index contributed by atoms with van der Waals surface area (Å²) in [6.45, 7) is 15.0. The molecule has 0 aromatic heterocycles. The monoisotopic (exact) mass is 222 g/mol. The van der Waals surface area contributed by atoms with Crippen LogP contribution in [0.15, 0.2) is 36.5 Å². The van der Waals surface area contributed by atoms with Crippen molar-refractivity contribution >= 4 is 11.6 Å². The number of hydrogen-bond acceptors (Lipinski definition) is 2. The molecule has 0 atom stereocenters. The molecule has 0 unspecified atom stereocenters. The molecule has 1 aliphatic rings. The van der Waals surface area contributed by atoms with Crippen LogP contribution < -0.4 is 0 Å². The lowest BCUT2D eigenvalue weighted by Gasteiger charge is -2.13. The number of Topliss-reactive ketones (excluding diaryl/α,β-unsaturated/α-hetero) is 2. The molecule has 0 aromatic rings. The Balaban J connectivity index is 0. The Morgan fingerprint density at radius 2 is 1.44 bits per heavy atom. The maximum absolute atomic E-state index is 11.2. The van der Waals surface area contributed by atoms with E-state index in [2.05, 4.69) is 13.2 Å². The summed E-state index contributed by atoms with van der Waals surface area (Å²) in [6.07, 6.45) is 3.64. The molecule has 1 rings (SSSR count). The molecule has 2 nitrogen and oxygen atoms in total. The summed E-state index contributed by atoms with van der Waals surface area (Å²) in [5, 5.41) is 0. The normalized spacial score (nSPS) is 17.0. The van der Waals surface area contributed by atoms with Gasteiger partial charge in [-0.05, 0) is 0 Å². The lowest BCUT2D eigenvalue weighted by molar-refractivity contribution is -0.122. The van der Waals surface area contributed by atoms with E-state index in [1.807, 2.05) is 27.7 Å². The zero-order chi connectivity index (χ0) is 13.1. The summed E-state index contributed by atoms with van der Waals surface area (Å²) in [5.74, 6) is -0.0535. The number of carbonyl (C=O) groups is 2. The molecule has 0 radical (unpaired) electrons. The minimum atomic E-state index is -0.0392. The van der Waals surface area contributed by atoms with Gasteiger partial charge in [-0.1, -0.05) is 53.0 Å². The highest BCUT2D eigenvalue weighted by Gasteiger charge is 2.24. The summed E-state index contributed by atoms with van der Waals surface area (Å²) < 4.78 is 0. The zero-order valence-corrected chi connectivity index (χ0v) is 10.8. The topological polar surface area (TPSA) is 34.1 Å². The van der Waals surface area contributed by atoms with Crippen LogP contribution in [0.3, 0.4) is 0 Å². The molecule has 0 spiro atoms. The Morgan fingerprint density at radius 1 is 1.00 bits per heavy atom. The lowest BCUT2D eigenvalue weighted by Crippen LogP contribution is -2.18. The first-order valence-corrected chi connectivity index (χ1v) is 5.75. The molecule has 0 heterocycles. The van der Waals surface area contributed by atoms with E-state index in [1.54, 1.807) is 6.08 Å². The van der Waals surface area contributed by atoms with Crippen molar-refractivity contribution in [2.45, 2.75) is 40.5 Å². The molecule has 0 N–H and O–H groups in total. The maximum Gasteiger partial charge on any atom is 0.164 e. The van der Waals surface area contributed by atoms with Gasteiger partial charge in [-0.3, -0.25) is 9.59 Å². The van der Waals surface area contributed by atoms with Crippen molar-refractivity contribution < 1.29 is 9.59 Å². The predicted octanol–water partition coefficient (Wildman–Crippen LogP) is 3.64. The number of allylic oxidation sites excluding steroid dienone is 4. The van der Waals surface area contributed by atoms with Gasteiger partial charge in [0.1, 0.15) is 0 Å². The predicted molar refractivity (Wildman–Crippen MR) is 69.4 cm³/mol. The molecule has 0 aromatic carbocycles. The van der Waals surface area contributed by atoms with Crippen molar-refractivity contribution in [3.05, 3.63) is 36.5 Å². The molecule has 2 heteroatoms. The van der Waals surface area contributed by atoms with E-state index in [9.17, 15) is 9.59 Å². The average molecular weight is 222 g/mol. The van der Waals surface area contributed by atoms with Crippen molar-refractivity contribution in [2.75, 3.05) is 0 Å². The van der Waals surface area contributed by atoms with Crippen molar-refractivity contribution in [1.29, 1.82) is 0 Å². The Hall–Kier alpha value is -1.44. The van der Waals surface area contributed by atoms with Crippen LogP contribution in [0.1, 0.15) is 40.5 Å². The van der Waals surface area contributed by atoms with Crippen molar-refractivity contribution in [2.24, 2.45) is 0 Å². The van der Waals surface area contributed by atoms with E-state index in [-0.39, 0.29) is 11.6 Å². The van der Waals surface area contributed by atoms with Gasteiger partial charge in [0.2, 0.25) is 0 Å². The highest BCUT2D eigenvalue weighted by molar-refractivity contribution is 6.16. The third-order valence-electron chi connectivity index (χ3n) is 1.83. The van der Waals surface area contributed by atoms with Gasteiger partial charge in [-0.15, -0.1) is 0 Å². The molecule has 0 aliphatic heterocycles. The molecule has 0 amide bonds. The molecule has 16 heavy (non-hydrogen) atoms. The second-order valence-corrected chi connectivity index (χ2v) is 2.64. The van der Waals surface area contributed by atoms with E-state index in [1.165, 1.54) is 6.08 Å². The van der Waals surface area contributed by atoms with Crippen LogP contribution in [-0.2, 0) is 9.59 Å².